The molecule has 0 bridgehead atoms. The summed E-state index contributed by atoms with van der Waals surface area (Å²) in [6, 6.07) is 8.80. The number of carbonyl (C=O) groups is 1. The van der Waals surface area contributed by atoms with Crippen molar-refractivity contribution in [2.24, 2.45) is 0 Å². The normalized spacial score (nSPS) is 24.1. The molecule has 3 heterocycles. The molecular formula is C20H26N4O. The molecule has 2 saturated heterocycles. The summed E-state index contributed by atoms with van der Waals surface area (Å²) in [4.78, 5) is 21.9. The van der Waals surface area contributed by atoms with Gasteiger partial charge >= 0.3 is 0 Å². The van der Waals surface area contributed by atoms with E-state index in [9.17, 15) is 4.79 Å². The maximum atomic E-state index is 13.1. The molecule has 25 heavy (non-hydrogen) atoms. The van der Waals surface area contributed by atoms with Crippen molar-refractivity contribution in [2.45, 2.75) is 44.7 Å². The first kappa shape index (κ1) is 16.3. The van der Waals surface area contributed by atoms with Gasteiger partial charge in [-0.15, -0.1) is 0 Å². The van der Waals surface area contributed by atoms with Crippen molar-refractivity contribution in [1.82, 2.24) is 19.4 Å². The van der Waals surface area contributed by atoms with Gasteiger partial charge in [-0.25, -0.2) is 4.98 Å². The minimum Gasteiger partial charge on any atom is -0.334 e. The molecule has 4 rings (SSSR count). The molecule has 0 spiro atoms. The standard InChI is InChI=1S/C20H26N4O/c1-2-22-12-3-5-18(22)19-6-4-13-24(19)20(25)16-7-9-17(10-8-16)23-14-11-21-15-23/h7-11,14-15,18-19H,2-6,12-13H2,1H3/t18-,19+/m0/s1. The van der Waals surface area contributed by atoms with Crippen LogP contribution in [0.25, 0.3) is 5.69 Å². The van der Waals surface area contributed by atoms with Gasteiger partial charge in [0.2, 0.25) is 0 Å². The Kier molecular flexibility index (Phi) is 4.57. The van der Waals surface area contributed by atoms with Crippen LogP contribution in [0.1, 0.15) is 43.0 Å². The Hall–Kier alpha value is -2.14. The number of amides is 1. The summed E-state index contributed by atoms with van der Waals surface area (Å²) in [6.07, 6.45) is 10.2. The van der Waals surface area contributed by atoms with E-state index in [4.69, 9.17) is 0 Å². The fourth-order valence-corrected chi connectivity index (χ4v) is 4.48. The summed E-state index contributed by atoms with van der Waals surface area (Å²) >= 11 is 0. The Bertz CT molecular complexity index is 710. The highest BCUT2D eigenvalue weighted by atomic mass is 16.2. The van der Waals surface area contributed by atoms with E-state index in [1.807, 2.05) is 35.0 Å². The number of carbonyl (C=O) groups excluding carboxylic acids is 1. The fraction of sp³-hybridized carbons (Fsp3) is 0.500. The molecule has 0 aliphatic carbocycles. The molecule has 2 atom stereocenters. The number of aromatic nitrogens is 2. The van der Waals surface area contributed by atoms with E-state index < -0.39 is 0 Å². The molecule has 0 N–H and O–H groups in total. The molecule has 2 fully saturated rings. The van der Waals surface area contributed by atoms with Crippen molar-refractivity contribution in [3.63, 3.8) is 0 Å². The van der Waals surface area contributed by atoms with Crippen LogP contribution >= 0.6 is 0 Å². The third kappa shape index (κ3) is 3.09. The van der Waals surface area contributed by atoms with Gasteiger partial charge in [0.15, 0.2) is 0 Å². The monoisotopic (exact) mass is 338 g/mol. The quantitative estimate of drug-likeness (QED) is 0.861. The Labute approximate surface area is 149 Å². The van der Waals surface area contributed by atoms with E-state index >= 15 is 0 Å². The van der Waals surface area contributed by atoms with Gasteiger partial charge in [-0.05, 0) is 63.0 Å². The van der Waals surface area contributed by atoms with E-state index in [2.05, 4.69) is 21.7 Å². The topological polar surface area (TPSA) is 41.4 Å². The van der Waals surface area contributed by atoms with Crippen LogP contribution in [0.2, 0.25) is 0 Å². The first-order chi connectivity index (χ1) is 12.3. The summed E-state index contributed by atoms with van der Waals surface area (Å²) < 4.78 is 1.95. The van der Waals surface area contributed by atoms with Gasteiger partial charge in [0.1, 0.15) is 0 Å². The van der Waals surface area contributed by atoms with Crippen molar-refractivity contribution in [3.05, 3.63) is 48.5 Å². The number of benzene rings is 1. The molecule has 2 aliphatic heterocycles. The average Bonchev–Trinajstić information content (AvgIpc) is 3.41. The molecule has 0 unspecified atom stereocenters. The predicted octanol–water partition coefficient (Wildman–Crippen LogP) is 2.96. The fourth-order valence-electron chi connectivity index (χ4n) is 4.48. The zero-order valence-electron chi connectivity index (χ0n) is 14.8. The molecule has 0 saturated carbocycles. The van der Waals surface area contributed by atoms with Crippen LogP contribution in [-0.4, -0.2) is 57.0 Å². The van der Waals surface area contributed by atoms with E-state index in [1.54, 1.807) is 12.5 Å². The minimum absolute atomic E-state index is 0.183. The second kappa shape index (κ2) is 7.00. The maximum absolute atomic E-state index is 13.1. The molecule has 132 valence electrons. The number of nitrogens with zero attached hydrogens (tertiary/aromatic N) is 4. The Morgan fingerprint density at radius 3 is 2.60 bits per heavy atom. The summed E-state index contributed by atoms with van der Waals surface area (Å²) in [5.74, 6) is 0.183. The second-order valence-electron chi connectivity index (χ2n) is 7.06. The van der Waals surface area contributed by atoms with Crippen LogP contribution in [-0.2, 0) is 0 Å². The first-order valence-corrected chi connectivity index (χ1v) is 9.41. The highest BCUT2D eigenvalue weighted by molar-refractivity contribution is 5.94. The Morgan fingerprint density at radius 2 is 1.88 bits per heavy atom. The SMILES string of the molecule is CCN1CCC[C@H]1[C@H]1CCCN1C(=O)c1ccc(-n2ccnc2)cc1. The Balaban J connectivity index is 1.51. The molecule has 0 radical (unpaired) electrons. The molecule has 1 aromatic carbocycles. The van der Waals surface area contributed by atoms with E-state index in [-0.39, 0.29) is 5.91 Å². The van der Waals surface area contributed by atoms with Crippen molar-refractivity contribution < 1.29 is 4.79 Å². The molecule has 1 amide bonds. The number of likely N-dealkylation sites (N-methyl/N-ethyl adjacent to an activating group) is 1. The molecular weight excluding hydrogens is 312 g/mol. The zero-order chi connectivity index (χ0) is 17.2. The van der Waals surface area contributed by atoms with E-state index in [1.165, 1.54) is 19.4 Å². The number of hydrogen-bond acceptors (Lipinski definition) is 3. The minimum atomic E-state index is 0.183. The third-order valence-corrected chi connectivity index (χ3v) is 5.74. The van der Waals surface area contributed by atoms with Crippen LogP contribution in [0.15, 0.2) is 43.0 Å². The van der Waals surface area contributed by atoms with Gasteiger partial charge < -0.3 is 9.47 Å². The lowest BCUT2D eigenvalue weighted by Crippen LogP contribution is -2.48. The van der Waals surface area contributed by atoms with Crippen molar-refractivity contribution >= 4 is 5.91 Å². The summed E-state index contributed by atoms with van der Waals surface area (Å²) in [5.41, 5.74) is 1.82. The number of rotatable bonds is 4. The van der Waals surface area contributed by atoms with Gasteiger partial charge in [-0.2, -0.15) is 0 Å². The predicted molar refractivity (Wildman–Crippen MR) is 97.9 cm³/mol. The van der Waals surface area contributed by atoms with Crippen molar-refractivity contribution in [1.29, 1.82) is 0 Å². The van der Waals surface area contributed by atoms with Crippen molar-refractivity contribution in [2.75, 3.05) is 19.6 Å². The summed E-state index contributed by atoms with van der Waals surface area (Å²) in [5, 5.41) is 0. The van der Waals surface area contributed by atoms with Crippen molar-refractivity contribution in [3.8, 4) is 5.69 Å². The number of imidazole rings is 1. The summed E-state index contributed by atoms with van der Waals surface area (Å²) in [6.45, 7) is 5.39. The Morgan fingerprint density at radius 1 is 1.12 bits per heavy atom. The highest BCUT2D eigenvalue weighted by Crippen LogP contribution is 2.31. The van der Waals surface area contributed by atoms with Gasteiger partial charge in [0.05, 0.1) is 6.33 Å². The van der Waals surface area contributed by atoms with Crippen LogP contribution in [0.4, 0.5) is 0 Å². The van der Waals surface area contributed by atoms with Gasteiger partial charge in [-0.1, -0.05) is 6.92 Å². The summed E-state index contributed by atoms with van der Waals surface area (Å²) in [7, 11) is 0. The van der Waals surface area contributed by atoms with Crippen LogP contribution in [0.5, 0.6) is 0 Å². The van der Waals surface area contributed by atoms with Gasteiger partial charge in [-0.3, -0.25) is 9.69 Å². The van der Waals surface area contributed by atoms with Crippen LogP contribution in [0, 0.1) is 0 Å². The van der Waals surface area contributed by atoms with Gasteiger partial charge in [0.25, 0.3) is 5.91 Å². The lowest BCUT2D eigenvalue weighted by Gasteiger charge is -2.34. The van der Waals surface area contributed by atoms with Gasteiger partial charge in [0, 0.05) is 42.3 Å². The first-order valence-electron chi connectivity index (χ1n) is 9.41. The largest absolute Gasteiger partial charge is 0.334 e. The smallest absolute Gasteiger partial charge is 0.254 e. The second-order valence-corrected chi connectivity index (χ2v) is 7.06. The molecule has 1 aromatic heterocycles. The number of hydrogen-bond donors (Lipinski definition) is 0. The third-order valence-electron chi connectivity index (χ3n) is 5.74. The molecule has 5 heteroatoms. The molecule has 2 aliphatic rings. The molecule has 5 nitrogen and oxygen atoms in total. The van der Waals surface area contributed by atoms with E-state index in [0.717, 1.165) is 37.2 Å². The van der Waals surface area contributed by atoms with E-state index in [0.29, 0.717) is 12.1 Å². The van der Waals surface area contributed by atoms with Crippen LogP contribution < -0.4 is 0 Å². The zero-order valence-corrected chi connectivity index (χ0v) is 14.8. The average molecular weight is 338 g/mol. The lowest BCUT2D eigenvalue weighted by atomic mass is 10.0. The number of likely N-dealkylation sites (tertiary alicyclic amines) is 2. The highest BCUT2D eigenvalue weighted by Gasteiger charge is 2.39. The lowest BCUT2D eigenvalue weighted by molar-refractivity contribution is 0.0650. The van der Waals surface area contributed by atoms with Crippen LogP contribution in [0.3, 0.4) is 0 Å². The maximum Gasteiger partial charge on any atom is 0.254 e. The molecule has 2 aromatic rings.